The number of benzene rings is 1. The molecule has 2 aromatic rings. The Kier molecular flexibility index (Phi) is 4.49. The lowest BCUT2D eigenvalue weighted by atomic mass is 10.3. The van der Waals surface area contributed by atoms with Gasteiger partial charge in [-0.1, -0.05) is 0 Å². The van der Waals surface area contributed by atoms with Gasteiger partial charge in [0.1, 0.15) is 10.6 Å². The average molecular weight is 310 g/mol. The highest BCUT2D eigenvalue weighted by Gasteiger charge is 2.23. The zero-order chi connectivity index (χ0) is 15.5. The molecule has 0 aliphatic carbocycles. The SMILES string of the molecule is COc1ccc(N(C)S(=O)(=O)c2cnn(CCN)c2)cc1. The predicted octanol–water partition coefficient (Wildman–Crippen LogP) is 0.676. The van der Waals surface area contributed by atoms with Gasteiger partial charge in [0, 0.05) is 19.8 Å². The molecule has 0 aliphatic rings. The lowest BCUT2D eigenvalue weighted by Crippen LogP contribution is -2.26. The van der Waals surface area contributed by atoms with Crippen LogP contribution in [-0.2, 0) is 16.6 Å². The third-order valence-corrected chi connectivity index (χ3v) is 4.80. The quantitative estimate of drug-likeness (QED) is 0.847. The third kappa shape index (κ3) is 3.17. The van der Waals surface area contributed by atoms with E-state index in [1.54, 1.807) is 31.4 Å². The molecule has 1 aromatic heterocycles. The maximum atomic E-state index is 12.5. The van der Waals surface area contributed by atoms with Crippen molar-refractivity contribution in [2.45, 2.75) is 11.4 Å². The number of hydrogen-bond acceptors (Lipinski definition) is 5. The van der Waals surface area contributed by atoms with Gasteiger partial charge in [-0.2, -0.15) is 5.10 Å². The summed E-state index contributed by atoms with van der Waals surface area (Å²) in [5.74, 6) is 0.667. The topological polar surface area (TPSA) is 90.5 Å². The number of nitrogens with zero attached hydrogens (tertiary/aromatic N) is 3. The summed E-state index contributed by atoms with van der Waals surface area (Å²) in [6.07, 6.45) is 2.80. The van der Waals surface area contributed by atoms with Crippen molar-refractivity contribution in [2.24, 2.45) is 5.73 Å². The molecule has 0 bridgehead atoms. The molecule has 1 aromatic carbocycles. The number of nitrogens with two attached hydrogens (primary N) is 1. The van der Waals surface area contributed by atoms with Crippen LogP contribution in [0.15, 0.2) is 41.6 Å². The van der Waals surface area contributed by atoms with Crippen LogP contribution in [0.3, 0.4) is 0 Å². The zero-order valence-corrected chi connectivity index (χ0v) is 12.7. The van der Waals surface area contributed by atoms with Gasteiger partial charge in [-0.15, -0.1) is 0 Å². The summed E-state index contributed by atoms with van der Waals surface area (Å²) in [4.78, 5) is 0.134. The van der Waals surface area contributed by atoms with Crippen LogP contribution in [0.2, 0.25) is 0 Å². The van der Waals surface area contributed by atoms with Gasteiger partial charge in [0.2, 0.25) is 0 Å². The van der Waals surface area contributed by atoms with E-state index in [1.807, 2.05) is 0 Å². The van der Waals surface area contributed by atoms with Crippen molar-refractivity contribution >= 4 is 15.7 Å². The van der Waals surface area contributed by atoms with Crippen LogP contribution in [0, 0.1) is 0 Å². The van der Waals surface area contributed by atoms with Crippen molar-refractivity contribution in [1.29, 1.82) is 0 Å². The van der Waals surface area contributed by atoms with Gasteiger partial charge in [0.05, 0.1) is 25.5 Å². The van der Waals surface area contributed by atoms with Crippen LogP contribution >= 0.6 is 0 Å². The van der Waals surface area contributed by atoms with Crippen molar-refractivity contribution < 1.29 is 13.2 Å². The van der Waals surface area contributed by atoms with Gasteiger partial charge in [-0.25, -0.2) is 8.42 Å². The molecule has 0 aliphatic heterocycles. The fourth-order valence-electron chi connectivity index (χ4n) is 1.82. The Morgan fingerprint density at radius 1 is 1.33 bits per heavy atom. The fourth-order valence-corrected chi connectivity index (χ4v) is 2.97. The predicted molar refractivity (Wildman–Crippen MR) is 79.9 cm³/mol. The van der Waals surface area contributed by atoms with E-state index in [0.29, 0.717) is 24.5 Å². The average Bonchev–Trinajstić information content (AvgIpc) is 2.96. The Balaban J connectivity index is 2.28. The monoisotopic (exact) mass is 310 g/mol. The second kappa shape index (κ2) is 6.15. The Hall–Kier alpha value is -2.06. The van der Waals surface area contributed by atoms with Crippen molar-refractivity contribution in [3.8, 4) is 5.75 Å². The molecule has 0 unspecified atom stereocenters. The van der Waals surface area contributed by atoms with Crippen LogP contribution in [0.4, 0.5) is 5.69 Å². The largest absolute Gasteiger partial charge is 0.497 e. The Labute approximate surface area is 124 Å². The van der Waals surface area contributed by atoms with Crippen LogP contribution < -0.4 is 14.8 Å². The molecule has 2 rings (SSSR count). The first-order valence-corrected chi connectivity index (χ1v) is 7.78. The highest BCUT2D eigenvalue weighted by Crippen LogP contribution is 2.23. The minimum Gasteiger partial charge on any atom is -0.497 e. The molecule has 7 nitrogen and oxygen atoms in total. The molecule has 1 heterocycles. The molecular weight excluding hydrogens is 292 g/mol. The second-order valence-corrected chi connectivity index (χ2v) is 6.37. The van der Waals surface area contributed by atoms with Gasteiger partial charge >= 0.3 is 0 Å². The van der Waals surface area contributed by atoms with Gasteiger partial charge in [0.25, 0.3) is 10.0 Å². The van der Waals surface area contributed by atoms with Crippen molar-refractivity contribution in [1.82, 2.24) is 9.78 Å². The van der Waals surface area contributed by atoms with E-state index in [-0.39, 0.29) is 4.90 Å². The molecule has 0 saturated heterocycles. The number of sulfonamides is 1. The van der Waals surface area contributed by atoms with Gasteiger partial charge < -0.3 is 10.5 Å². The van der Waals surface area contributed by atoms with Crippen molar-refractivity contribution in [2.75, 3.05) is 25.0 Å². The molecule has 0 fully saturated rings. The highest BCUT2D eigenvalue weighted by atomic mass is 32.2. The molecule has 0 saturated carbocycles. The minimum absolute atomic E-state index is 0.134. The number of anilines is 1. The summed E-state index contributed by atoms with van der Waals surface area (Å²) < 4.78 is 32.8. The standard InChI is InChI=1S/C13H18N4O3S/c1-16(11-3-5-12(20-2)6-4-11)21(18,19)13-9-15-17(10-13)8-7-14/h3-6,9-10H,7-8,14H2,1-2H3. The van der Waals surface area contributed by atoms with Crippen LogP contribution in [0.25, 0.3) is 0 Å². The van der Waals surface area contributed by atoms with E-state index in [9.17, 15) is 8.42 Å². The normalized spacial score (nSPS) is 11.4. The molecule has 114 valence electrons. The Bertz CT molecular complexity index is 694. The molecule has 0 amide bonds. The van der Waals surface area contributed by atoms with Crippen molar-refractivity contribution in [3.05, 3.63) is 36.7 Å². The first kappa shape index (κ1) is 15.3. The molecule has 2 N–H and O–H groups in total. The maximum Gasteiger partial charge on any atom is 0.267 e. The van der Waals surface area contributed by atoms with Crippen LogP contribution in [0.5, 0.6) is 5.75 Å². The van der Waals surface area contributed by atoms with E-state index in [0.717, 1.165) is 0 Å². The van der Waals surface area contributed by atoms with Crippen LogP contribution in [0.1, 0.15) is 0 Å². The third-order valence-electron chi connectivity index (χ3n) is 3.06. The number of hydrogen-bond donors (Lipinski definition) is 1. The van der Waals surface area contributed by atoms with Crippen molar-refractivity contribution in [3.63, 3.8) is 0 Å². The zero-order valence-electron chi connectivity index (χ0n) is 11.9. The first-order chi connectivity index (χ1) is 9.98. The van der Waals surface area contributed by atoms with E-state index in [2.05, 4.69) is 5.10 Å². The summed E-state index contributed by atoms with van der Waals surface area (Å²) in [5.41, 5.74) is 5.97. The highest BCUT2D eigenvalue weighted by molar-refractivity contribution is 7.92. The summed E-state index contributed by atoms with van der Waals surface area (Å²) in [6, 6.07) is 6.78. The maximum absolute atomic E-state index is 12.5. The van der Waals surface area contributed by atoms with E-state index in [1.165, 1.54) is 28.4 Å². The van der Waals surface area contributed by atoms with E-state index >= 15 is 0 Å². The summed E-state index contributed by atoms with van der Waals surface area (Å²) in [6.45, 7) is 0.872. The van der Waals surface area contributed by atoms with Gasteiger partial charge in [-0.3, -0.25) is 8.99 Å². The Morgan fingerprint density at radius 2 is 2.00 bits per heavy atom. The molecule has 0 spiro atoms. The minimum atomic E-state index is -3.64. The number of rotatable bonds is 6. The first-order valence-electron chi connectivity index (χ1n) is 6.34. The molecule has 21 heavy (non-hydrogen) atoms. The lowest BCUT2D eigenvalue weighted by molar-refractivity contribution is 0.415. The smallest absolute Gasteiger partial charge is 0.267 e. The molecule has 0 atom stereocenters. The summed E-state index contributed by atoms with van der Waals surface area (Å²) >= 11 is 0. The van der Waals surface area contributed by atoms with E-state index in [4.69, 9.17) is 10.5 Å². The number of ether oxygens (including phenoxy) is 1. The number of methoxy groups -OCH3 is 1. The summed E-state index contributed by atoms with van der Waals surface area (Å²) in [5, 5.41) is 3.99. The van der Waals surface area contributed by atoms with Crippen LogP contribution in [-0.4, -0.2) is 38.9 Å². The van der Waals surface area contributed by atoms with Gasteiger partial charge in [-0.05, 0) is 24.3 Å². The number of aromatic nitrogens is 2. The van der Waals surface area contributed by atoms with Gasteiger partial charge in [0.15, 0.2) is 0 Å². The Morgan fingerprint density at radius 3 is 2.57 bits per heavy atom. The summed E-state index contributed by atoms with van der Waals surface area (Å²) in [7, 11) is -0.586. The molecular formula is C13H18N4O3S. The fraction of sp³-hybridized carbons (Fsp3) is 0.308. The van der Waals surface area contributed by atoms with E-state index < -0.39 is 10.0 Å². The molecule has 0 radical (unpaired) electrons. The second-order valence-electron chi connectivity index (χ2n) is 4.40. The molecule has 8 heteroatoms. The lowest BCUT2D eigenvalue weighted by Gasteiger charge is -2.18.